The average molecular weight is 419 g/mol. The van der Waals surface area contributed by atoms with E-state index in [2.05, 4.69) is 53.7 Å². The highest BCUT2D eigenvalue weighted by Crippen LogP contribution is 2.58. The van der Waals surface area contributed by atoms with Gasteiger partial charge in [-0.25, -0.2) is 0 Å². The third-order valence-corrected chi connectivity index (χ3v) is 9.14. The van der Waals surface area contributed by atoms with Gasteiger partial charge in [0.25, 0.3) is 10.1 Å². The molecule has 4 saturated carbocycles. The maximum atomic E-state index is 13.8. The van der Waals surface area contributed by atoms with Gasteiger partial charge in [-0.2, -0.15) is 8.42 Å². The zero-order valence-electron chi connectivity index (χ0n) is 19.0. The molecule has 4 heteroatoms. The van der Waals surface area contributed by atoms with E-state index >= 15 is 0 Å². The predicted octanol–water partition coefficient (Wildman–Crippen LogP) is 6.73. The van der Waals surface area contributed by atoms with Crippen molar-refractivity contribution in [1.82, 2.24) is 0 Å². The van der Waals surface area contributed by atoms with Gasteiger partial charge in [-0.15, -0.1) is 0 Å². The standard InChI is InChI=1S/C25H38O3S/c1-15(2)21-10-22(16(3)4)24(23(11-21)17(5)6)29(26,27)28-25-12-18-7-19(13-25)9-20(8-18)14-25/h10-11,15-20H,7-9,12-14H2,1-6H3. The molecule has 4 fully saturated rings. The molecule has 162 valence electrons. The first kappa shape index (κ1) is 21.4. The number of rotatable bonds is 6. The van der Waals surface area contributed by atoms with E-state index in [0.29, 0.717) is 28.6 Å². The van der Waals surface area contributed by atoms with Crippen LogP contribution in [0.4, 0.5) is 0 Å². The molecule has 0 spiro atoms. The molecule has 0 saturated heterocycles. The zero-order chi connectivity index (χ0) is 21.1. The molecular weight excluding hydrogens is 380 g/mol. The molecule has 3 nitrogen and oxygen atoms in total. The SMILES string of the molecule is CC(C)c1cc(C(C)C)c(S(=O)(=O)OC23CC4CC(CC(C4)C2)C3)c(C(C)C)c1. The lowest BCUT2D eigenvalue weighted by molar-refractivity contribution is -0.104. The van der Waals surface area contributed by atoms with Crippen LogP contribution >= 0.6 is 0 Å². The summed E-state index contributed by atoms with van der Waals surface area (Å²) in [5.41, 5.74) is 2.60. The minimum Gasteiger partial charge on any atom is -0.260 e. The van der Waals surface area contributed by atoms with Crippen molar-refractivity contribution in [2.45, 2.75) is 108 Å². The summed E-state index contributed by atoms with van der Waals surface area (Å²) >= 11 is 0. The fraction of sp³-hybridized carbons (Fsp3) is 0.760. The van der Waals surface area contributed by atoms with Crippen molar-refractivity contribution >= 4 is 10.1 Å². The third-order valence-electron chi connectivity index (χ3n) is 7.60. The first-order chi connectivity index (χ1) is 13.5. The van der Waals surface area contributed by atoms with Gasteiger partial charge < -0.3 is 0 Å². The lowest BCUT2D eigenvalue weighted by Gasteiger charge is -2.55. The molecule has 1 aromatic carbocycles. The second kappa shape index (κ2) is 7.37. The summed E-state index contributed by atoms with van der Waals surface area (Å²) in [4.78, 5) is 0.461. The van der Waals surface area contributed by atoms with Crippen LogP contribution in [0.15, 0.2) is 17.0 Å². The molecule has 5 rings (SSSR count). The van der Waals surface area contributed by atoms with Crippen LogP contribution in [-0.2, 0) is 14.3 Å². The van der Waals surface area contributed by atoms with Crippen LogP contribution in [-0.4, -0.2) is 14.0 Å². The van der Waals surface area contributed by atoms with E-state index in [1.807, 2.05) is 0 Å². The van der Waals surface area contributed by atoms with Crippen LogP contribution in [0.5, 0.6) is 0 Å². The van der Waals surface area contributed by atoms with Crippen LogP contribution in [0.2, 0.25) is 0 Å². The van der Waals surface area contributed by atoms with Crippen molar-refractivity contribution in [3.63, 3.8) is 0 Å². The van der Waals surface area contributed by atoms with E-state index < -0.39 is 15.7 Å². The fourth-order valence-corrected chi connectivity index (χ4v) is 8.51. The Morgan fingerprint density at radius 1 is 0.793 bits per heavy atom. The van der Waals surface area contributed by atoms with Gasteiger partial charge in [-0.1, -0.05) is 53.7 Å². The molecule has 4 aliphatic rings. The Morgan fingerprint density at radius 2 is 1.21 bits per heavy atom. The normalized spacial score (nSPS) is 31.4. The fourth-order valence-electron chi connectivity index (χ4n) is 6.59. The summed E-state index contributed by atoms with van der Waals surface area (Å²) in [6.07, 6.45) is 6.61. The van der Waals surface area contributed by atoms with Crippen molar-refractivity contribution < 1.29 is 12.6 Å². The smallest absolute Gasteiger partial charge is 0.260 e. The molecule has 0 atom stereocenters. The van der Waals surface area contributed by atoms with Crippen molar-refractivity contribution in [2.75, 3.05) is 0 Å². The minimum absolute atomic E-state index is 0.135. The molecule has 4 bridgehead atoms. The molecule has 0 amide bonds. The topological polar surface area (TPSA) is 43.4 Å². The third kappa shape index (κ3) is 3.92. The summed E-state index contributed by atoms with van der Waals surface area (Å²) in [6, 6.07) is 4.22. The first-order valence-corrected chi connectivity index (χ1v) is 13.0. The molecule has 0 radical (unpaired) electrons. The highest BCUT2D eigenvalue weighted by molar-refractivity contribution is 7.87. The van der Waals surface area contributed by atoms with E-state index in [4.69, 9.17) is 4.18 Å². The molecule has 0 aromatic heterocycles. The second-order valence-corrected chi connectivity index (χ2v) is 12.6. The van der Waals surface area contributed by atoms with Crippen molar-refractivity contribution in [3.05, 3.63) is 28.8 Å². The van der Waals surface area contributed by atoms with Crippen LogP contribution < -0.4 is 0 Å². The second-order valence-electron chi connectivity index (χ2n) is 11.1. The number of hydrogen-bond donors (Lipinski definition) is 0. The van der Waals surface area contributed by atoms with Gasteiger partial charge in [0.05, 0.1) is 5.60 Å². The minimum atomic E-state index is -3.82. The van der Waals surface area contributed by atoms with Crippen LogP contribution in [0, 0.1) is 17.8 Å². The van der Waals surface area contributed by atoms with Crippen LogP contribution in [0.1, 0.15) is 115 Å². The molecule has 1 aromatic rings. The molecule has 0 heterocycles. The maximum Gasteiger partial charge on any atom is 0.298 e. The Labute approximate surface area is 177 Å². The molecule has 4 aliphatic carbocycles. The van der Waals surface area contributed by atoms with Gasteiger partial charge in [0.1, 0.15) is 4.90 Å². The first-order valence-electron chi connectivity index (χ1n) is 11.6. The van der Waals surface area contributed by atoms with Gasteiger partial charge >= 0.3 is 0 Å². The maximum absolute atomic E-state index is 13.8. The molecule has 29 heavy (non-hydrogen) atoms. The van der Waals surface area contributed by atoms with Crippen molar-refractivity contribution in [2.24, 2.45) is 17.8 Å². The van der Waals surface area contributed by atoms with Gasteiger partial charge in [-0.3, -0.25) is 4.18 Å². The summed E-state index contributed by atoms with van der Waals surface area (Å²) in [5.74, 6) is 2.62. The molecule has 0 unspecified atom stereocenters. The van der Waals surface area contributed by atoms with E-state index in [0.717, 1.165) is 30.4 Å². The Kier molecular flexibility index (Phi) is 5.43. The lowest BCUT2D eigenvalue weighted by Crippen LogP contribution is -2.52. The van der Waals surface area contributed by atoms with Gasteiger partial charge in [0, 0.05) is 0 Å². The summed E-state index contributed by atoms with van der Waals surface area (Å²) < 4.78 is 33.9. The monoisotopic (exact) mass is 418 g/mol. The lowest BCUT2D eigenvalue weighted by atomic mass is 9.54. The zero-order valence-corrected chi connectivity index (χ0v) is 19.8. The highest BCUT2D eigenvalue weighted by atomic mass is 32.2. The van der Waals surface area contributed by atoms with Gasteiger partial charge in [0.2, 0.25) is 0 Å². The van der Waals surface area contributed by atoms with E-state index in [-0.39, 0.29) is 11.8 Å². The largest absolute Gasteiger partial charge is 0.298 e. The van der Waals surface area contributed by atoms with E-state index in [1.165, 1.54) is 24.8 Å². The Bertz CT molecular complexity index is 815. The summed E-state index contributed by atoms with van der Waals surface area (Å²) in [7, 11) is -3.82. The highest BCUT2D eigenvalue weighted by Gasteiger charge is 2.54. The summed E-state index contributed by atoms with van der Waals surface area (Å²) in [6.45, 7) is 12.7. The number of benzene rings is 1. The Balaban J connectivity index is 1.78. The Morgan fingerprint density at radius 3 is 1.55 bits per heavy atom. The van der Waals surface area contributed by atoms with Gasteiger partial charge in [-0.05, 0) is 90.7 Å². The van der Waals surface area contributed by atoms with Crippen LogP contribution in [0.3, 0.4) is 0 Å². The summed E-state index contributed by atoms with van der Waals surface area (Å²) in [5, 5.41) is 0. The molecule has 0 N–H and O–H groups in total. The van der Waals surface area contributed by atoms with E-state index in [1.54, 1.807) is 0 Å². The number of hydrogen-bond acceptors (Lipinski definition) is 3. The Hall–Kier alpha value is -0.870. The van der Waals surface area contributed by atoms with Crippen molar-refractivity contribution in [1.29, 1.82) is 0 Å². The van der Waals surface area contributed by atoms with Crippen molar-refractivity contribution in [3.8, 4) is 0 Å². The molecule has 0 aliphatic heterocycles. The molecular formula is C25H38O3S. The van der Waals surface area contributed by atoms with E-state index in [9.17, 15) is 8.42 Å². The quantitative estimate of drug-likeness (QED) is 0.481. The van der Waals surface area contributed by atoms with Gasteiger partial charge in [0.15, 0.2) is 0 Å². The van der Waals surface area contributed by atoms with Crippen LogP contribution in [0.25, 0.3) is 0 Å². The predicted molar refractivity (Wildman–Crippen MR) is 118 cm³/mol. The average Bonchev–Trinajstić information content (AvgIpc) is 2.58.